The van der Waals surface area contributed by atoms with Gasteiger partial charge in [0.05, 0.1) is 43.2 Å². The van der Waals surface area contributed by atoms with Crippen molar-refractivity contribution in [2.75, 3.05) is 30.0 Å². The number of fused-ring (bicyclic) bond motifs is 3. The number of amides is 1. The Morgan fingerprint density at radius 1 is 1.20 bits per heavy atom. The van der Waals surface area contributed by atoms with E-state index in [0.29, 0.717) is 18.9 Å². The number of alkyl halides is 2. The number of hydrogen-bond donors (Lipinski definition) is 2. The molecule has 3 aliphatic rings. The molecule has 5 heterocycles. The van der Waals surface area contributed by atoms with E-state index in [4.69, 9.17) is 4.74 Å². The number of aliphatic hydroxyl groups is 1. The average molecular weight is 488 g/mol. The molecule has 0 radical (unpaired) electrons. The number of aromatic nitrogens is 5. The van der Waals surface area contributed by atoms with Crippen molar-refractivity contribution in [1.29, 1.82) is 0 Å². The van der Waals surface area contributed by atoms with Crippen LogP contribution in [0.5, 0.6) is 0 Å². The van der Waals surface area contributed by atoms with Gasteiger partial charge in [-0.2, -0.15) is 10.2 Å². The van der Waals surface area contributed by atoms with Gasteiger partial charge >= 0.3 is 0 Å². The lowest BCUT2D eigenvalue weighted by molar-refractivity contribution is 0.00972. The van der Waals surface area contributed by atoms with Gasteiger partial charge in [0, 0.05) is 19.0 Å². The van der Waals surface area contributed by atoms with E-state index in [0.717, 1.165) is 37.9 Å². The summed E-state index contributed by atoms with van der Waals surface area (Å²) in [4.78, 5) is 20.0. The van der Waals surface area contributed by atoms with E-state index >= 15 is 0 Å². The summed E-state index contributed by atoms with van der Waals surface area (Å²) in [5.41, 5.74) is 0.0878. The lowest BCUT2D eigenvalue weighted by atomic mass is 9.87. The minimum absolute atomic E-state index is 0.0146. The second-order valence-corrected chi connectivity index (χ2v) is 9.62. The SMILES string of the molecule is O=C(Nc1cn([C@H]2CC[C@H](CO)CC2)nc1C(F)F)c1cnn2ccc(N3C4COCC3C4)nc12. The van der Waals surface area contributed by atoms with Crippen molar-refractivity contribution < 1.29 is 23.4 Å². The Kier molecular flexibility index (Phi) is 5.64. The van der Waals surface area contributed by atoms with Crippen LogP contribution in [0.4, 0.5) is 20.3 Å². The number of carbonyl (C=O) groups excluding carboxylic acids is 1. The first-order valence-corrected chi connectivity index (χ1v) is 12.0. The normalized spacial score (nSPS) is 26.2. The van der Waals surface area contributed by atoms with Crippen LogP contribution in [0.15, 0.2) is 24.7 Å². The molecule has 186 valence electrons. The van der Waals surface area contributed by atoms with Crippen molar-refractivity contribution in [3.8, 4) is 0 Å². The van der Waals surface area contributed by atoms with E-state index in [1.807, 2.05) is 6.07 Å². The number of morpholine rings is 1. The number of carbonyl (C=O) groups is 1. The van der Waals surface area contributed by atoms with Crippen molar-refractivity contribution >= 4 is 23.1 Å². The van der Waals surface area contributed by atoms with Gasteiger partial charge in [-0.25, -0.2) is 18.3 Å². The number of aliphatic hydroxyl groups excluding tert-OH is 1. The number of halogens is 2. The minimum atomic E-state index is -2.83. The van der Waals surface area contributed by atoms with Crippen LogP contribution in [0.1, 0.15) is 60.6 Å². The number of ether oxygens (including phenoxy) is 1. The van der Waals surface area contributed by atoms with Crippen LogP contribution in [0.25, 0.3) is 5.65 Å². The smallest absolute Gasteiger partial charge is 0.284 e. The largest absolute Gasteiger partial charge is 0.396 e. The Morgan fingerprint density at radius 3 is 2.66 bits per heavy atom. The van der Waals surface area contributed by atoms with E-state index in [1.54, 1.807) is 6.20 Å². The van der Waals surface area contributed by atoms with Gasteiger partial charge in [-0.1, -0.05) is 0 Å². The summed E-state index contributed by atoms with van der Waals surface area (Å²) in [6, 6.07) is 2.37. The van der Waals surface area contributed by atoms with Crippen molar-refractivity contribution in [3.63, 3.8) is 0 Å². The maximum Gasteiger partial charge on any atom is 0.284 e. The Labute approximate surface area is 199 Å². The number of nitrogens with zero attached hydrogens (tertiary/aromatic N) is 6. The maximum absolute atomic E-state index is 13.8. The summed E-state index contributed by atoms with van der Waals surface area (Å²) >= 11 is 0. The minimum Gasteiger partial charge on any atom is -0.396 e. The van der Waals surface area contributed by atoms with Gasteiger partial charge in [0.2, 0.25) is 0 Å². The quantitative estimate of drug-likeness (QED) is 0.550. The molecule has 3 aromatic rings. The summed E-state index contributed by atoms with van der Waals surface area (Å²) in [6.07, 6.45) is 5.96. The summed E-state index contributed by atoms with van der Waals surface area (Å²) in [6.45, 7) is 1.44. The third kappa shape index (κ3) is 3.94. The number of nitrogens with one attached hydrogen (secondary N) is 1. The molecule has 12 heteroatoms. The first kappa shape index (κ1) is 22.4. The predicted octanol–water partition coefficient (Wildman–Crippen LogP) is 2.82. The van der Waals surface area contributed by atoms with E-state index in [2.05, 4.69) is 25.4 Å². The van der Waals surface area contributed by atoms with E-state index in [-0.39, 0.29) is 41.9 Å². The van der Waals surface area contributed by atoms with Gasteiger partial charge in [-0.15, -0.1) is 0 Å². The topological polar surface area (TPSA) is 110 Å². The maximum atomic E-state index is 13.8. The van der Waals surface area contributed by atoms with Crippen molar-refractivity contribution in [1.82, 2.24) is 24.4 Å². The highest BCUT2D eigenvalue weighted by Crippen LogP contribution is 2.36. The molecule has 6 rings (SSSR count). The highest BCUT2D eigenvalue weighted by atomic mass is 19.3. The second kappa shape index (κ2) is 8.83. The molecule has 2 bridgehead atoms. The molecule has 1 aliphatic carbocycles. The van der Waals surface area contributed by atoms with Gasteiger partial charge in [-0.3, -0.25) is 9.48 Å². The van der Waals surface area contributed by atoms with Gasteiger partial charge in [-0.05, 0) is 44.1 Å². The fraction of sp³-hybridized carbons (Fsp3) is 0.565. The molecule has 1 amide bonds. The highest BCUT2D eigenvalue weighted by Gasteiger charge is 2.43. The molecule has 2 atom stereocenters. The van der Waals surface area contributed by atoms with Crippen molar-refractivity contribution in [2.45, 2.75) is 56.7 Å². The molecule has 1 saturated carbocycles. The molecule has 0 aromatic carbocycles. The van der Waals surface area contributed by atoms with Crippen molar-refractivity contribution in [3.05, 3.63) is 35.9 Å². The monoisotopic (exact) mass is 487 g/mol. The fourth-order valence-electron chi connectivity index (χ4n) is 5.51. The van der Waals surface area contributed by atoms with Crippen LogP contribution >= 0.6 is 0 Å². The molecule has 0 spiro atoms. The summed E-state index contributed by atoms with van der Waals surface area (Å²) in [5.74, 6) is 0.422. The van der Waals surface area contributed by atoms with Gasteiger partial charge in [0.1, 0.15) is 11.4 Å². The Morgan fingerprint density at radius 2 is 1.97 bits per heavy atom. The molecule has 10 nitrogen and oxygen atoms in total. The molecule has 3 fully saturated rings. The molecule has 2 N–H and O–H groups in total. The van der Waals surface area contributed by atoms with Gasteiger partial charge in [0.25, 0.3) is 12.3 Å². The number of anilines is 2. The average Bonchev–Trinajstić information content (AvgIpc) is 3.49. The van der Waals surface area contributed by atoms with E-state index in [9.17, 15) is 18.7 Å². The third-order valence-corrected chi connectivity index (χ3v) is 7.48. The first-order valence-electron chi connectivity index (χ1n) is 12.0. The molecule has 3 aromatic heterocycles. The summed E-state index contributed by atoms with van der Waals surface area (Å²) in [5, 5.41) is 20.3. The van der Waals surface area contributed by atoms with Crippen LogP contribution in [0.2, 0.25) is 0 Å². The molecular formula is C23H27F2N7O3. The zero-order valence-electron chi connectivity index (χ0n) is 19.1. The zero-order chi connectivity index (χ0) is 24.1. The van der Waals surface area contributed by atoms with Crippen molar-refractivity contribution in [2.24, 2.45) is 5.92 Å². The predicted molar refractivity (Wildman–Crippen MR) is 122 cm³/mol. The Balaban J connectivity index is 1.24. The lowest BCUT2D eigenvalue weighted by Crippen LogP contribution is -2.64. The molecule has 35 heavy (non-hydrogen) atoms. The second-order valence-electron chi connectivity index (χ2n) is 9.62. The Bertz CT molecular complexity index is 1220. The number of hydrogen-bond acceptors (Lipinski definition) is 7. The fourth-order valence-corrected chi connectivity index (χ4v) is 5.51. The van der Waals surface area contributed by atoms with Gasteiger partial charge < -0.3 is 20.1 Å². The summed E-state index contributed by atoms with van der Waals surface area (Å²) in [7, 11) is 0. The standard InChI is InChI=1S/C23H27F2N7O3/c24-21(25)20-18(9-31(29-20)14-3-1-13(10-33)2-4-14)27-23(34)17-8-26-30-6-5-19(28-22(17)30)32-15-7-16(32)12-35-11-15/h5-6,8-9,13-16,21,33H,1-4,7,10-12H2,(H,27,34)/t13-,14-,15?,16?. The molecular weight excluding hydrogens is 460 g/mol. The Hall–Kier alpha value is -3.12. The van der Waals surface area contributed by atoms with Gasteiger partial charge in [0.15, 0.2) is 11.3 Å². The van der Waals surface area contributed by atoms with Crippen LogP contribution in [-0.4, -0.2) is 67.3 Å². The highest BCUT2D eigenvalue weighted by molar-refractivity contribution is 6.08. The van der Waals surface area contributed by atoms with E-state index in [1.165, 1.54) is 21.6 Å². The van der Waals surface area contributed by atoms with Crippen LogP contribution in [0.3, 0.4) is 0 Å². The number of rotatable bonds is 6. The lowest BCUT2D eigenvalue weighted by Gasteiger charge is -2.53. The summed E-state index contributed by atoms with van der Waals surface area (Å²) < 4.78 is 36.1. The molecule has 2 unspecified atom stereocenters. The zero-order valence-corrected chi connectivity index (χ0v) is 19.1. The van der Waals surface area contributed by atoms with Crippen LogP contribution < -0.4 is 10.2 Å². The van der Waals surface area contributed by atoms with Crippen LogP contribution in [-0.2, 0) is 4.74 Å². The third-order valence-electron chi connectivity index (χ3n) is 7.48. The molecule has 2 aliphatic heterocycles. The first-order chi connectivity index (χ1) is 17.0. The van der Waals surface area contributed by atoms with E-state index < -0.39 is 18.0 Å². The van der Waals surface area contributed by atoms with Crippen LogP contribution in [0, 0.1) is 5.92 Å². The molecule has 2 saturated heterocycles.